The Morgan fingerprint density at radius 1 is 1.16 bits per heavy atom. The molecule has 4 fully saturated rings. The molecule has 0 aromatic carbocycles. The highest BCUT2D eigenvalue weighted by molar-refractivity contribution is 5.84. The Morgan fingerprint density at radius 3 is 2.56 bits per heavy atom. The van der Waals surface area contributed by atoms with Crippen LogP contribution in [0.15, 0.2) is 0 Å². The first-order chi connectivity index (χ1) is 11.9. The maximum atomic E-state index is 12.3. The molecule has 0 radical (unpaired) electrons. The van der Waals surface area contributed by atoms with Gasteiger partial charge in [0.15, 0.2) is 24.3 Å². The first-order valence-corrected chi connectivity index (χ1v) is 9.28. The van der Waals surface area contributed by atoms with Gasteiger partial charge in [0, 0.05) is 12.8 Å². The van der Waals surface area contributed by atoms with Crippen LogP contribution in [0.25, 0.3) is 0 Å². The van der Waals surface area contributed by atoms with Gasteiger partial charge in [0.25, 0.3) is 0 Å². The first-order valence-electron chi connectivity index (χ1n) is 9.28. The summed E-state index contributed by atoms with van der Waals surface area (Å²) >= 11 is 0. The van der Waals surface area contributed by atoms with Gasteiger partial charge in [0.05, 0.1) is 5.41 Å². The number of carbonyl (C=O) groups is 2. The number of rotatable bonds is 3. The summed E-state index contributed by atoms with van der Waals surface area (Å²) in [6, 6.07) is 0. The predicted molar refractivity (Wildman–Crippen MR) is 84.3 cm³/mol. The summed E-state index contributed by atoms with van der Waals surface area (Å²) in [6.45, 7) is 5.48. The quantitative estimate of drug-likeness (QED) is 0.718. The molecular weight excluding hydrogens is 328 g/mol. The van der Waals surface area contributed by atoms with E-state index in [1.165, 1.54) is 6.42 Å². The summed E-state index contributed by atoms with van der Waals surface area (Å²) in [5, 5.41) is 0. The van der Waals surface area contributed by atoms with Crippen LogP contribution in [0, 0.1) is 5.41 Å². The highest BCUT2D eigenvalue weighted by Crippen LogP contribution is 2.48. The lowest BCUT2D eigenvalue weighted by atomic mass is 9.90. The summed E-state index contributed by atoms with van der Waals surface area (Å²) in [4.78, 5) is 24.5. The number of hydrogen-bond acceptors (Lipinski definition) is 7. The van der Waals surface area contributed by atoms with E-state index in [0.29, 0.717) is 6.42 Å². The smallest absolute Gasteiger partial charge is 0.350 e. The van der Waals surface area contributed by atoms with Crippen LogP contribution < -0.4 is 0 Å². The van der Waals surface area contributed by atoms with Crippen LogP contribution in [0.5, 0.6) is 0 Å². The van der Waals surface area contributed by atoms with E-state index in [-0.39, 0.29) is 0 Å². The molecule has 3 saturated heterocycles. The number of fused-ring (bicyclic) bond motifs is 3. The average molecular weight is 354 g/mol. The fraction of sp³-hybridized carbons (Fsp3) is 0.889. The van der Waals surface area contributed by atoms with Gasteiger partial charge in [0.1, 0.15) is 6.10 Å². The molecule has 7 heteroatoms. The first kappa shape index (κ1) is 17.2. The zero-order chi connectivity index (χ0) is 17.8. The molecule has 140 valence electrons. The van der Waals surface area contributed by atoms with Gasteiger partial charge in [0.2, 0.25) is 6.10 Å². The molecule has 5 atom stereocenters. The van der Waals surface area contributed by atoms with Gasteiger partial charge in [-0.2, -0.15) is 0 Å². The third-order valence-corrected chi connectivity index (χ3v) is 5.96. The molecule has 5 unspecified atom stereocenters. The topological polar surface area (TPSA) is 80.3 Å². The molecule has 1 spiro atoms. The van der Waals surface area contributed by atoms with E-state index >= 15 is 0 Å². The van der Waals surface area contributed by atoms with Crippen molar-refractivity contribution < 1.29 is 33.3 Å². The molecule has 3 aliphatic heterocycles. The van der Waals surface area contributed by atoms with Gasteiger partial charge in [-0.25, -0.2) is 4.79 Å². The van der Waals surface area contributed by atoms with Crippen molar-refractivity contribution in [1.29, 1.82) is 0 Å². The van der Waals surface area contributed by atoms with E-state index in [2.05, 4.69) is 0 Å². The van der Waals surface area contributed by atoms with E-state index in [0.717, 1.165) is 25.7 Å². The second-order valence-corrected chi connectivity index (χ2v) is 8.11. The van der Waals surface area contributed by atoms with E-state index in [4.69, 9.17) is 23.7 Å². The number of hydrogen-bond donors (Lipinski definition) is 0. The third-order valence-electron chi connectivity index (χ3n) is 5.96. The molecule has 3 heterocycles. The highest BCUT2D eigenvalue weighted by Gasteiger charge is 2.65. The molecule has 0 N–H and O–H groups in total. The highest BCUT2D eigenvalue weighted by atomic mass is 16.9. The van der Waals surface area contributed by atoms with Gasteiger partial charge in [-0.1, -0.05) is 13.3 Å². The van der Waals surface area contributed by atoms with Gasteiger partial charge in [-0.05, 0) is 33.1 Å². The van der Waals surface area contributed by atoms with Crippen LogP contribution in [0.3, 0.4) is 0 Å². The summed E-state index contributed by atoms with van der Waals surface area (Å²) in [7, 11) is 0. The van der Waals surface area contributed by atoms with Crippen LogP contribution in [-0.4, -0.2) is 48.4 Å². The maximum Gasteiger partial charge on any atom is 0.350 e. The van der Waals surface area contributed by atoms with Gasteiger partial charge in [-0.15, -0.1) is 0 Å². The Kier molecular flexibility index (Phi) is 4.09. The van der Waals surface area contributed by atoms with Gasteiger partial charge in [-0.3, -0.25) is 4.79 Å². The van der Waals surface area contributed by atoms with Crippen molar-refractivity contribution in [2.24, 2.45) is 5.41 Å². The number of esters is 2. The van der Waals surface area contributed by atoms with Crippen LogP contribution in [0.2, 0.25) is 0 Å². The van der Waals surface area contributed by atoms with Crippen molar-refractivity contribution in [3.05, 3.63) is 0 Å². The largest absolute Gasteiger partial charge is 0.454 e. The van der Waals surface area contributed by atoms with Crippen LogP contribution >= 0.6 is 0 Å². The molecule has 0 bridgehead atoms. The Bertz CT molecular complexity index is 566. The molecular formula is C18H26O7. The molecule has 1 saturated carbocycles. The molecule has 0 aromatic rings. The van der Waals surface area contributed by atoms with Crippen molar-refractivity contribution in [3.8, 4) is 0 Å². The molecule has 0 aromatic heterocycles. The fourth-order valence-electron chi connectivity index (χ4n) is 3.93. The summed E-state index contributed by atoms with van der Waals surface area (Å²) in [5.41, 5.74) is -0.661. The SMILES string of the molecule is CCC(C)(C)C(=O)OC1C(=O)OC2C3OC4(CCCCC4)OC3OC12. The zero-order valence-corrected chi connectivity index (χ0v) is 15.0. The summed E-state index contributed by atoms with van der Waals surface area (Å²) < 4.78 is 29.0. The third kappa shape index (κ3) is 2.76. The Labute approximate surface area is 147 Å². The van der Waals surface area contributed by atoms with E-state index < -0.39 is 53.8 Å². The second-order valence-electron chi connectivity index (χ2n) is 8.11. The van der Waals surface area contributed by atoms with E-state index in [1.54, 1.807) is 13.8 Å². The normalized spacial score (nSPS) is 39.2. The lowest BCUT2D eigenvalue weighted by Crippen LogP contribution is -2.41. The van der Waals surface area contributed by atoms with Crippen LogP contribution in [0.4, 0.5) is 0 Å². The monoisotopic (exact) mass is 354 g/mol. The van der Waals surface area contributed by atoms with Gasteiger partial charge < -0.3 is 23.7 Å². The van der Waals surface area contributed by atoms with Crippen molar-refractivity contribution in [2.75, 3.05) is 0 Å². The summed E-state index contributed by atoms with van der Waals surface area (Å²) in [6.07, 6.45) is 2.25. The van der Waals surface area contributed by atoms with E-state index in [1.807, 2.05) is 6.92 Å². The molecule has 4 rings (SSSR count). The fourth-order valence-corrected chi connectivity index (χ4v) is 3.93. The van der Waals surface area contributed by atoms with Crippen LogP contribution in [-0.2, 0) is 33.3 Å². The van der Waals surface area contributed by atoms with Crippen molar-refractivity contribution >= 4 is 11.9 Å². The molecule has 1 aliphatic carbocycles. The molecule has 25 heavy (non-hydrogen) atoms. The van der Waals surface area contributed by atoms with Gasteiger partial charge >= 0.3 is 11.9 Å². The molecule has 4 aliphatic rings. The summed E-state index contributed by atoms with van der Waals surface area (Å²) in [5.74, 6) is -1.60. The van der Waals surface area contributed by atoms with E-state index in [9.17, 15) is 9.59 Å². The standard InChI is InChI=1S/C18H26O7/c1-4-17(2,3)16(20)23-12-10-11(21-14(12)19)13-15(22-10)25-18(24-13)8-6-5-7-9-18/h10-13,15H,4-9H2,1-3H3. The molecule has 0 amide bonds. The Balaban J connectivity index is 1.45. The zero-order valence-electron chi connectivity index (χ0n) is 15.0. The average Bonchev–Trinajstić information content (AvgIpc) is 3.17. The number of ether oxygens (including phenoxy) is 5. The van der Waals surface area contributed by atoms with Crippen LogP contribution in [0.1, 0.15) is 59.3 Å². The van der Waals surface area contributed by atoms with Crippen molar-refractivity contribution in [1.82, 2.24) is 0 Å². The molecule has 7 nitrogen and oxygen atoms in total. The minimum Gasteiger partial charge on any atom is -0.454 e. The Morgan fingerprint density at radius 2 is 1.88 bits per heavy atom. The minimum absolute atomic E-state index is 0.427. The minimum atomic E-state index is -1.05. The number of carbonyl (C=O) groups excluding carboxylic acids is 2. The second kappa shape index (κ2) is 5.93. The lowest BCUT2D eigenvalue weighted by Gasteiger charge is -2.33. The van der Waals surface area contributed by atoms with Crippen molar-refractivity contribution in [2.45, 2.75) is 95.8 Å². The lowest BCUT2D eigenvalue weighted by molar-refractivity contribution is -0.246. The predicted octanol–water partition coefficient (Wildman–Crippen LogP) is 2.06. The Hall–Kier alpha value is -1.18. The maximum absolute atomic E-state index is 12.3. The van der Waals surface area contributed by atoms with Crippen molar-refractivity contribution in [3.63, 3.8) is 0 Å².